The van der Waals surface area contributed by atoms with Gasteiger partial charge in [0.25, 0.3) is 0 Å². The molecule has 0 aliphatic rings. The smallest absolute Gasteiger partial charge is 0.119 e. The first-order valence-electron chi connectivity index (χ1n) is 7.37. The molecule has 2 heteroatoms. The zero-order chi connectivity index (χ0) is 14.2. The van der Waals surface area contributed by atoms with Crippen molar-refractivity contribution >= 4 is 0 Å². The molecule has 2 aromatic carbocycles. The van der Waals surface area contributed by atoms with E-state index in [9.17, 15) is 0 Å². The van der Waals surface area contributed by atoms with Crippen molar-refractivity contribution in [3.63, 3.8) is 0 Å². The van der Waals surface area contributed by atoms with Gasteiger partial charge in [0.1, 0.15) is 5.75 Å². The molecule has 2 nitrogen and oxygen atoms in total. The molecule has 20 heavy (non-hydrogen) atoms. The molecule has 0 saturated heterocycles. The Balaban J connectivity index is 2.18. The van der Waals surface area contributed by atoms with Crippen LogP contribution in [-0.2, 0) is 6.54 Å². The second-order valence-electron chi connectivity index (χ2n) is 4.79. The van der Waals surface area contributed by atoms with Gasteiger partial charge in [-0.3, -0.25) is 0 Å². The Labute approximate surface area is 121 Å². The second-order valence-corrected chi connectivity index (χ2v) is 4.79. The highest BCUT2D eigenvalue weighted by Gasteiger charge is 2.04. The topological polar surface area (TPSA) is 21.3 Å². The third-order valence-electron chi connectivity index (χ3n) is 3.24. The number of hydrogen-bond acceptors (Lipinski definition) is 2. The largest absolute Gasteiger partial charge is 0.494 e. The van der Waals surface area contributed by atoms with Gasteiger partial charge in [-0.05, 0) is 48.7 Å². The van der Waals surface area contributed by atoms with Gasteiger partial charge in [-0.25, -0.2) is 0 Å². The molecule has 0 unspecified atom stereocenters. The minimum absolute atomic E-state index is 0.705. The second kappa shape index (κ2) is 7.71. The molecule has 1 N–H and O–H groups in total. The molecule has 0 radical (unpaired) electrons. The fourth-order valence-electron chi connectivity index (χ4n) is 2.25. The Kier molecular flexibility index (Phi) is 5.63. The lowest BCUT2D eigenvalue weighted by Crippen LogP contribution is -2.14. The van der Waals surface area contributed by atoms with Gasteiger partial charge in [0.05, 0.1) is 6.61 Å². The van der Waals surface area contributed by atoms with Crippen molar-refractivity contribution in [3.8, 4) is 16.9 Å². The molecule has 0 amide bonds. The Morgan fingerprint density at radius 2 is 1.70 bits per heavy atom. The predicted molar refractivity (Wildman–Crippen MR) is 85.0 cm³/mol. The first-order chi connectivity index (χ1) is 9.85. The summed E-state index contributed by atoms with van der Waals surface area (Å²) in [5.41, 5.74) is 3.87. The van der Waals surface area contributed by atoms with Crippen LogP contribution in [0.25, 0.3) is 11.1 Å². The highest BCUT2D eigenvalue weighted by Crippen LogP contribution is 2.25. The van der Waals surface area contributed by atoms with Crippen LogP contribution in [0, 0.1) is 0 Å². The normalized spacial score (nSPS) is 10.5. The third-order valence-corrected chi connectivity index (χ3v) is 3.24. The Morgan fingerprint density at radius 1 is 0.950 bits per heavy atom. The van der Waals surface area contributed by atoms with E-state index in [0.717, 1.165) is 25.3 Å². The maximum atomic E-state index is 5.49. The number of benzene rings is 2. The lowest BCUT2D eigenvalue weighted by molar-refractivity contribution is 0.340. The minimum atomic E-state index is 0.705. The maximum absolute atomic E-state index is 5.49. The van der Waals surface area contributed by atoms with E-state index in [-0.39, 0.29) is 0 Å². The molecular formula is C18H23NO. The Morgan fingerprint density at radius 3 is 2.40 bits per heavy atom. The molecule has 2 rings (SSSR count). The summed E-state index contributed by atoms with van der Waals surface area (Å²) in [5.74, 6) is 0.929. The van der Waals surface area contributed by atoms with Crippen LogP contribution in [0.2, 0.25) is 0 Å². The first kappa shape index (κ1) is 14.6. The van der Waals surface area contributed by atoms with E-state index >= 15 is 0 Å². The van der Waals surface area contributed by atoms with Crippen LogP contribution in [0.15, 0.2) is 48.5 Å². The standard InChI is InChI=1S/C18H23NO/c1-3-13-19-14-16-7-5-6-8-18(16)15-9-11-17(12-10-15)20-4-2/h5-12,19H,3-4,13-14H2,1-2H3. The molecule has 0 fully saturated rings. The quantitative estimate of drug-likeness (QED) is 0.759. The summed E-state index contributed by atoms with van der Waals surface area (Å²) in [6, 6.07) is 16.9. The van der Waals surface area contributed by atoms with Gasteiger partial charge in [-0.2, -0.15) is 0 Å². The van der Waals surface area contributed by atoms with Crippen LogP contribution < -0.4 is 10.1 Å². The zero-order valence-corrected chi connectivity index (χ0v) is 12.4. The maximum Gasteiger partial charge on any atom is 0.119 e. The molecule has 0 aromatic heterocycles. The van der Waals surface area contributed by atoms with Crippen molar-refractivity contribution < 1.29 is 4.74 Å². The summed E-state index contributed by atoms with van der Waals surface area (Å²) in [6.45, 7) is 6.86. The van der Waals surface area contributed by atoms with E-state index in [1.54, 1.807) is 0 Å². The highest BCUT2D eigenvalue weighted by molar-refractivity contribution is 5.67. The Bertz CT molecular complexity index is 519. The van der Waals surface area contributed by atoms with Gasteiger partial charge in [0.2, 0.25) is 0 Å². The zero-order valence-electron chi connectivity index (χ0n) is 12.4. The summed E-state index contributed by atoms with van der Waals surface area (Å²) in [5, 5.41) is 3.47. The molecule has 0 atom stereocenters. The van der Waals surface area contributed by atoms with E-state index in [1.165, 1.54) is 16.7 Å². The van der Waals surface area contributed by atoms with Gasteiger partial charge in [-0.1, -0.05) is 43.3 Å². The third kappa shape index (κ3) is 3.84. The number of rotatable bonds is 7. The summed E-state index contributed by atoms with van der Waals surface area (Å²) in [7, 11) is 0. The molecule has 0 bridgehead atoms. The van der Waals surface area contributed by atoms with Gasteiger partial charge in [0.15, 0.2) is 0 Å². The van der Waals surface area contributed by atoms with Gasteiger partial charge in [-0.15, -0.1) is 0 Å². The van der Waals surface area contributed by atoms with Gasteiger partial charge >= 0.3 is 0 Å². The lowest BCUT2D eigenvalue weighted by Gasteiger charge is -2.11. The fourth-order valence-corrected chi connectivity index (χ4v) is 2.25. The minimum Gasteiger partial charge on any atom is -0.494 e. The van der Waals surface area contributed by atoms with Crippen LogP contribution in [0.3, 0.4) is 0 Å². The van der Waals surface area contributed by atoms with Crippen LogP contribution in [0.4, 0.5) is 0 Å². The van der Waals surface area contributed by atoms with Crippen LogP contribution in [0.5, 0.6) is 5.75 Å². The van der Waals surface area contributed by atoms with Crippen molar-refractivity contribution in [1.82, 2.24) is 5.32 Å². The molecule has 0 heterocycles. The molecule has 0 spiro atoms. The molecule has 106 valence electrons. The lowest BCUT2D eigenvalue weighted by atomic mass is 9.99. The molecule has 0 saturated carbocycles. The van der Waals surface area contributed by atoms with Crippen molar-refractivity contribution in [1.29, 1.82) is 0 Å². The average Bonchev–Trinajstić information content (AvgIpc) is 2.49. The van der Waals surface area contributed by atoms with Crippen molar-refractivity contribution in [2.75, 3.05) is 13.2 Å². The highest BCUT2D eigenvalue weighted by atomic mass is 16.5. The molecular weight excluding hydrogens is 246 g/mol. The summed E-state index contributed by atoms with van der Waals surface area (Å²) >= 11 is 0. The van der Waals surface area contributed by atoms with Crippen molar-refractivity contribution in [3.05, 3.63) is 54.1 Å². The number of hydrogen-bond donors (Lipinski definition) is 1. The fraction of sp³-hybridized carbons (Fsp3) is 0.333. The van der Waals surface area contributed by atoms with Gasteiger partial charge < -0.3 is 10.1 Å². The summed E-state index contributed by atoms with van der Waals surface area (Å²) in [4.78, 5) is 0. The van der Waals surface area contributed by atoms with Crippen molar-refractivity contribution in [2.45, 2.75) is 26.8 Å². The number of ether oxygens (including phenoxy) is 1. The van der Waals surface area contributed by atoms with E-state index in [0.29, 0.717) is 6.61 Å². The molecule has 0 aliphatic heterocycles. The van der Waals surface area contributed by atoms with E-state index in [1.807, 2.05) is 19.1 Å². The number of nitrogens with one attached hydrogen (secondary N) is 1. The van der Waals surface area contributed by atoms with Crippen LogP contribution in [0.1, 0.15) is 25.8 Å². The van der Waals surface area contributed by atoms with Crippen molar-refractivity contribution in [2.24, 2.45) is 0 Å². The van der Waals surface area contributed by atoms with E-state index in [2.05, 4.69) is 48.6 Å². The van der Waals surface area contributed by atoms with Crippen LogP contribution >= 0.6 is 0 Å². The van der Waals surface area contributed by atoms with E-state index in [4.69, 9.17) is 4.74 Å². The average molecular weight is 269 g/mol. The monoisotopic (exact) mass is 269 g/mol. The predicted octanol–water partition coefficient (Wildman–Crippen LogP) is 4.25. The summed E-state index contributed by atoms with van der Waals surface area (Å²) < 4.78 is 5.49. The SMILES string of the molecule is CCCNCc1ccccc1-c1ccc(OCC)cc1. The Hall–Kier alpha value is -1.80. The molecule has 0 aliphatic carbocycles. The van der Waals surface area contributed by atoms with E-state index < -0.39 is 0 Å². The summed E-state index contributed by atoms with van der Waals surface area (Å²) in [6.07, 6.45) is 1.16. The van der Waals surface area contributed by atoms with Crippen LogP contribution in [-0.4, -0.2) is 13.2 Å². The molecule has 2 aromatic rings. The first-order valence-corrected chi connectivity index (χ1v) is 7.37. The van der Waals surface area contributed by atoms with Gasteiger partial charge in [0, 0.05) is 6.54 Å².